The molecule has 0 spiro atoms. The Morgan fingerprint density at radius 2 is 1.53 bits per heavy atom. The number of benzene rings is 3. The van der Waals surface area contributed by atoms with Crippen molar-refractivity contribution in [3.05, 3.63) is 89.4 Å². The van der Waals surface area contributed by atoms with Crippen molar-refractivity contribution < 1.29 is 19.1 Å². The van der Waals surface area contributed by atoms with Gasteiger partial charge in [-0.25, -0.2) is 5.43 Å². The lowest BCUT2D eigenvalue weighted by Gasteiger charge is -2.08. The van der Waals surface area contributed by atoms with Crippen LogP contribution >= 0.6 is 11.6 Å². The highest BCUT2D eigenvalue weighted by Gasteiger charge is 2.12. The number of hydrogen-bond acceptors (Lipinski definition) is 5. The largest absolute Gasteiger partial charge is 0.484 e. The summed E-state index contributed by atoms with van der Waals surface area (Å²) < 4.78 is 5.44. The van der Waals surface area contributed by atoms with Crippen LogP contribution in [0.2, 0.25) is 5.02 Å². The second-order valence-electron chi connectivity index (χ2n) is 6.41. The Bertz CT molecular complexity index is 1120. The molecule has 0 saturated heterocycles. The van der Waals surface area contributed by atoms with Crippen molar-refractivity contribution in [2.45, 2.75) is 0 Å². The van der Waals surface area contributed by atoms with Crippen LogP contribution in [0.4, 0.5) is 11.4 Å². The van der Waals surface area contributed by atoms with Crippen molar-refractivity contribution in [3.63, 3.8) is 0 Å². The lowest BCUT2D eigenvalue weighted by Crippen LogP contribution is -2.32. The Kier molecular flexibility index (Phi) is 7.94. The molecule has 0 aliphatic rings. The normalized spacial score (nSPS) is 10.4. The maximum absolute atomic E-state index is 12.0. The first-order chi connectivity index (χ1) is 15.5. The molecule has 0 fully saturated rings. The molecule has 0 unspecified atom stereocenters. The Hall–Kier alpha value is -4.17. The molecular weight excluding hydrogens is 432 g/mol. The van der Waals surface area contributed by atoms with Gasteiger partial charge in [-0.1, -0.05) is 41.9 Å². The topological polar surface area (TPSA) is 109 Å². The number of carbonyl (C=O) groups excluding carboxylic acids is 3. The monoisotopic (exact) mass is 450 g/mol. The third kappa shape index (κ3) is 6.96. The van der Waals surface area contributed by atoms with E-state index in [1.165, 1.54) is 6.21 Å². The molecule has 162 valence electrons. The number of anilines is 2. The summed E-state index contributed by atoms with van der Waals surface area (Å²) >= 11 is 6.00. The number of ether oxygens (including phenoxy) is 1. The zero-order valence-electron chi connectivity index (χ0n) is 16.7. The summed E-state index contributed by atoms with van der Waals surface area (Å²) in [5, 5.41) is 9.32. The van der Waals surface area contributed by atoms with Crippen molar-refractivity contribution in [1.29, 1.82) is 0 Å². The second kappa shape index (κ2) is 11.3. The summed E-state index contributed by atoms with van der Waals surface area (Å²) in [6, 6.07) is 22.2. The third-order valence-electron chi connectivity index (χ3n) is 4.02. The summed E-state index contributed by atoms with van der Waals surface area (Å²) in [5.74, 6) is -1.59. The van der Waals surface area contributed by atoms with Gasteiger partial charge in [-0.15, -0.1) is 0 Å². The van der Waals surface area contributed by atoms with Crippen LogP contribution in [0.1, 0.15) is 5.56 Å². The first-order valence-corrected chi connectivity index (χ1v) is 9.86. The van der Waals surface area contributed by atoms with Gasteiger partial charge in [0.15, 0.2) is 6.61 Å². The van der Waals surface area contributed by atoms with Crippen LogP contribution in [-0.4, -0.2) is 30.5 Å². The summed E-state index contributed by atoms with van der Waals surface area (Å²) in [6.07, 6.45) is 1.38. The predicted molar refractivity (Wildman–Crippen MR) is 123 cm³/mol. The minimum absolute atomic E-state index is 0.189. The molecule has 0 aliphatic heterocycles. The molecule has 8 nitrogen and oxygen atoms in total. The molecule has 3 aromatic carbocycles. The highest BCUT2D eigenvalue weighted by molar-refractivity contribution is 6.39. The highest BCUT2D eigenvalue weighted by Crippen LogP contribution is 2.20. The standard InChI is InChI=1S/C23H19ClN4O4/c24-19-8-4-5-9-20(19)27-21(29)15-32-18-12-10-16(11-13-18)14-25-28-23(31)22(30)26-17-6-2-1-3-7-17/h1-14H,15H2,(H,26,30)(H,27,29)(H,28,31)/b25-14-. The fourth-order valence-corrected chi connectivity index (χ4v) is 2.66. The first kappa shape index (κ1) is 22.5. The van der Waals surface area contributed by atoms with Gasteiger partial charge in [0.1, 0.15) is 5.75 Å². The van der Waals surface area contributed by atoms with Gasteiger partial charge < -0.3 is 15.4 Å². The van der Waals surface area contributed by atoms with Crippen LogP contribution in [-0.2, 0) is 14.4 Å². The van der Waals surface area contributed by atoms with E-state index >= 15 is 0 Å². The van der Waals surface area contributed by atoms with Crippen LogP contribution in [0.3, 0.4) is 0 Å². The summed E-state index contributed by atoms with van der Waals surface area (Å²) in [4.78, 5) is 35.6. The van der Waals surface area contributed by atoms with E-state index in [1.54, 1.807) is 78.9 Å². The average molecular weight is 451 g/mol. The van der Waals surface area contributed by atoms with Gasteiger partial charge >= 0.3 is 11.8 Å². The fourth-order valence-electron chi connectivity index (χ4n) is 2.47. The molecular formula is C23H19ClN4O4. The van der Waals surface area contributed by atoms with E-state index < -0.39 is 11.8 Å². The van der Waals surface area contributed by atoms with Crippen LogP contribution in [0.5, 0.6) is 5.75 Å². The van der Waals surface area contributed by atoms with Crippen molar-refractivity contribution in [1.82, 2.24) is 5.43 Å². The van der Waals surface area contributed by atoms with Gasteiger partial charge in [0.25, 0.3) is 5.91 Å². The fraction of sp³-hybridized carbons (Fsp3) is 0.0435. The molecule has 0 radical (unpaired) electrons. The molecule has 3 N–H and O–H groups in total. The molecule has 0 saturated carbocycles. The minimum Gasteiger partial charge on any atom is -0.484 e. The van der Waals surface area contributed by atoms with E-state index in [9.17, 15) is 14.4 Å². The maximum Gasteiger partial charge on any atom is 0.329 e. The number of amides is 3. The third-order valence-corrected chi connectivity index (χ3v) is 4.35. The number of nitrogens with zero attached hydrogens (tertiary/aromatic N) is 1. The highest BCUT2D eigenvalue weighted by atomic mass is 35.5. The van der Waals surface area contributed by atoms with E-state index in [1.807, 2.05) is 0 Å². The molecule has 0 aliphatic carbocycles. The zero-order valence-corrected chi connectivity index (χ0v) is 17.5. The van der Waals surface area contributed by atoms with E-state index in [-0.39, 0.29) is 12.5 Å². The molecule has 32 heavy (non-hydrogen) atoms. The Labute approximate surface area is 189 Å². The lowest BCUT2D eigenvalue weighted by molar-refractivity contribution is -0.136. The van der Waals surface area contributed by atoms with Gasteiger partial charge in [0.05, 0.1) is 16.9 Å². The predicted octanol–water partition coefficient (Wildman–Crippen LogP) is 3.45. The summed E-state index contributed by atoms with van der Waals surface area (Å²) in [7, 11) is 0. The Morgan fingerprint density at radius 1 is 0.844 bits per heavy atom. The van der Waals surface area contributed by atoms with E-state index in [2.05, 4.69) is 21.2 Å². The van der Waals surface area contributed by atoms with E-state index in [0.29, 0.717) is 27.7 Å². The van der Waals surface area contributed by atoms with Crippen molar-refractivity contribution in [3.8, 4) is 5.75 Å². The Morgan fingerprint density at radius 3 is 2.25 bits per heavy atom. The molecule has 0 atom stereocenters. The number of para-hydroxylation sites is 2. The lowest BCUT2D eigenvalue weighted by atomic mass is 10.2. The number of hydrazone groups is 1. The summed E-state index contributed by atoms with van der Waals surface area (Å²) in [5.41, 5.74) is 3.83. The molecule has 0 heterocycles. The van der Waals surface area contributed by atoms with Crippen LogP contribution in [0.25, 0.3) is 0 Å². The SMILES string of the molecule is O=C(COc1ccc(/C=N\NC(=O)C(=O)Nc2ccccc2)cc1)Nc1ccccc1Cl. The van der Waals surface area contributed by atoms with Gasteiger partial charge in [-0.2, -0.15) is 5.10 Å². The van der Waals surface area contributed by atoms with Crippen LogP contribution in [0.15, 0.2) is 84.0 Å². The molecule has 3 rings (SSSR count). The van der Waals surface area contributed by atoms with Gasteiger partial charge in [-0.3, -0.25) is 14.4 Å². The van der Waals surface area contributed by atoms with Crippen LogP contribution in [0, 0.1) is 0 Å². The molecule has 0 bridgehead atoms. The smallest absolute Gasteiger partial charge is 0.329 e. The maximum atomic E-state index is 12.0. The van der Waals surface area contributed by atoms with Crippen LogP contribution < -0.4 is 20.8 Å². The second-order valence-corrected chi connectivity index (χ2v) is 6.81. The van der Waals surface area contributed by atoms with Gasteiger partial charge in [0, 0.05) is 5.69 Å². The van der Waals surface area contributed by atoms with Crippen molar-refractivity contribution in [2.75, 3.05) is 17.2 Å². The summed E-state index contributed by atoms with van der Waals surface area (Å²) in [6.45, 7) is -0.189. The molecule has 9 heteroatoms. The number of carbonyl (C=O) groups is 3. The van der Waals surface area contributed by atoms with Gasteiger partial charge in [0.2, 0.25) is 0 Å². The number of hydrogen-bond donors (Lipinski definition) is 3. The number of nitrogens with one attached hydrogen (secondary N) is 3. The quantitative estimate of drug-likeness (QED) is 0.291. The van der Waals surface area contributed by atoms with Crippen molar-refractivity contribution >= 4 is 46.9 Å². The van der Waals surface area contributed by atoms with E-state index in [0.717, 1.165) is 0 Å². The first-order valence-electron chi connectivity index (χ1n) is 9.48. The van der Waals surface area contributed by atoms with Crippen molar-refractivity contribution in [2.24, 2.45) is 5.10 Å². The molecule has 0 aromatic heterocycles. The average Bonchev–Trinajstić information content (AvgIpc) is 2.80. The minimum atomic E-state index is -0.894. The number of halogens is 1. The van der Waals surface area contributed by atoms with E-state index in [4.69, 9.17) is 16.3 Å². The van der Waals surface area contributed by atoms with Gasteiger partial charge in [-0.05, 0) is 54.1 Å². The molecule has 3 amide bonds. The zero-order chi connectivity index (χ0) is 22.8. The Balaban J connectivity index is 1.43. The molecule has 3 aromatic rings. The number of rotatable bonds is 7.